The summed E-state index contributed by atoms with van der Waals surface area (Å²) in [5, 5.41) is 3.47. The second-order valence-electron chi connectivity index (χ2n) is 5.22. The molecule has 1 N–H and O–H groups in total. The van der Waals surface area contributed by atoms with Gasteiger partial charge >= 0.3 is 5.69 Å². The summed E-state index contributed by atoms with van der Waals surface area (Å²) in [4.78, 5) is 12.0. The first-order valence-electron chi connectivity index (χ1n) is 7.26. The minimum Gasteiger partial charge on any atom is -0.314 e. The normalized spacial score (nSPS) is 17.0. The fourth-order valence-corrected chi connectivity index (χ4v) is 2.48. The summed E-state index contributed by atoms with van der Waals surface area (Å²) in [6.45, 7) is 6.23. The van der Waals surface area contributed by atoms with E-state index in [1.165, 1.54) is 12.8 Å². The summed E-state index contributed by atoms with van der Waals surface area (Å²) in [6.07, 6.45) is 9.60. The Morgan fingerprint density at radius 2 is 2.17 bits per heavy atom. The van der Waals surface area contributed by atoms with Gasteiger partial charge in [-0.25, -0.2) is 4.79 Å². The molecular formula is C14H25N3O. The molecular weight excluding hydrogens is 226 g/mol. The first kappa shape index (κ1) is 13.4. The summed E-state index contributed by atoms with van der Waals surface area (Å²) in [6, 6.07) is 1.08. The standard InChI is InChI=1S/C14H25N3O/c1-3-12(15-4-2)6-5-9-16-10-11-17(14(16)18)13-7-8-13/h10-13,15H,3-9H2,1-2H3. The molecule has 4 nitrogen and oxygen atoms in total. The average Bonchev–Trinajstić information content (AvgIpc) is 3.14. The van der Waals surface area contributed by atoms with Crippen molar-refractivity contribution in [3.05, 3.63) is 22.9 Å². The van der Waals surface area contributed by atoms with Crippen LogP contribution < -0.4 is 11.0 Å². The summed E-state index contributed by atoms with van der Waals surface area (Å²) in [5.41, 5.74) is 0.175. The molecule has 4 heteroatoms. The van der Waals surface area contributed by atoms with Crippen molar-refractivity contribution in [2.45, 2.75) is 64.6 Å². The van der Waals surface area contributed by atoms with E-state index in [0.717, 1.165) is 32.4 Å². The molecule has 102 valence electrons. The van der Waals surface area contributed by atoms with E-state index in [1.54, 1.807) is 0 Å². The zero-order valence-electron chi connectivity index (χ0n) is 11.6. The molecule has 1 aromatic rings. The van der Waals surface area contributed by atoms with Gasteiger partial charge in [-0.15, -0.1) is 0 Å². The van der Waals surface area contributed by atoms with E-state index < -0.39 is 0 Å². The molecule has 0 spiro atoms. The Bertz CT molecular complexity index is 417. The van der Waals surface area contributed by atoms with Crippen molar-refractivity contribution in [2.24, 2.45) is 0 Å². The Morgan fingerprint density at radius 1 is 1.39 bits per heavy atom. The van der Waals surface area contributed by atoms with Crippen molar-refractivity contribution >= 4 is 0 Å². The first-order chi connectivity index (χ1) is 8.76. The average molecular weight is 251 g/mol. The summed E-state index contributed by atoms with van der Waals surface area (Å²) in [7, 11) is 0. The van der Waals surface area contributed by atoms with E-state index in [9.17, 15) is 4.79 Å². The van der Waals surface area contributed by atoms with Crippen LogP contribution in [0, 0.1) is 0 Å². The molecule has 1 saturated carbocycles. The maximum Gasteiger partial charge on any atom is 0.328 e. The van der Waals surface area contributed by atoms with E-state index >= 15 is 0 Å². The van der Waals surface area contributed by atoms with Gasteiger partial charge in [0.15, 0.2) is 0 Å². The van der Waals surface area contributed by atoms with Gasteiger partial charge in [0.2, 0.25) is 0 Å². The van der Waals surface area contributed by atoms with Crippen LogP contribution in [0.5, 0.6) is 0 Å². The monoisotopic (exact) mass is 251 g/mol. The van der Waals surface area contributed by atoms with Gasteiger partial charge in [-0.1, -0.05) is 13.8 Å². The predicted octanol–water partition coefficient (Wildman–Crippen LogP) is 2.15. The molecule has 1 aromatic heterocycles. The second-order valence-corrected chi connectivity index (χ2v) is 5.22. The van der Waals surface area contributed by atoms with E-state index in [4.69, 9.17) is 0 Å². The third kappa shape index (κ3) is 3.25. The van der Waals surface area contributed by atoms with Gasteiger partial charge in [0.1, 0.15) is 0 Å². The number of aryl methyl sites for hydroxylation is 1. The summed E-state index contributed by atoms with van der Waals surface area (Å²) in [5.74, 6) is 0. The van der Waals surface area contributed by atoms with Crippen molar-refractivity contribution in [2.75, 3.05) is 6.54 Å². The van der Waals surface area contributed by atoms with Crippen molar-refractivity contribution in [1.29, 1.82) is 0 Å². The Hall–Kier alpha value is -1.03. The number of aromatic nitrogens is 2. The highest BCUT2D eigenvalue weighted by molar-refractivity contribution is 4.91. The lowest BCUT2D eigenvalue weighted by Crippen LogP contribution is -2.29. The van der Waals surface area contributed by atoms with Crippen LogP contribution >= 0.6 is 0 Å². The molecule has 0 saturated heterocycles. The lowest BCUT2D eigenvalue weighted by Gasteiger charge is -2.15. The highest BCUT2D eigenvalue weighted by Gasteiger charge is 2.25. The topological polar surface area (TPSA) is 39.0 Å². The molecule has 1 aliphatic rings. The van der Waals surface area contributed by atoms with Crippen molar-refractivity contribution < 1.29 is 0 Å². The zero-order chi connectivity index (χ0) is 13.0. The minimum atomic E-state index is 0.175. The second kappa shape index (κ2) is 6.23. The van der Waals surface area contributed by atoms with E-state index in [2.05, 4.69) is 19.2 Å². The Labute approximate surface area is 109 Å². The van der Waals surface area contributed by atoms with Crippen molar-refractivity contribution in [3.63, 3.8) is 0 Å². The zero-order valence-corrected chi connectivity index (χ0v) is 11.6. The lowest BCUT2D eigenvalue weighted by molar-refractivity contribution is 0.445. The van der Waals surface area contributed by atoms with Crippen LogP contribution in [0.25, 0.3) is 0 Å². The number of rotatable bonds is 8. The van der Waals surface area contributed by atoms with Crippen LogP contribution in [0.3, 0.4) is 0 Å². The smallest absolute Gasteiger partial charge is 0.314 e. The van der Waals surface area contributed by atoms with Gasteiger partial charge in [-0.2, -0.15) is 0 Å². The Balaban J connectivity index is 1.81. The minimum absolute atomic E-state index is 0.175. The van der Waals surface area contributed by atoms with Crippen LogP contribution in [0.1, 0.15) is 52.0 Å². The molecule has 0 aromatic carbocycles. The molecule has 2 rings (SSSR count). The van der Waals surface area contributed by atoms with E-state index in [1.807, 2.05) is 21.5 Å². The summed E-state index contributed by atoms with van der Waals surface area (Å²) < 4.78 is 3.75. The SMILES string of the molecule is CCNC(CC)CCCn1ccn(C2CC2)c1=O. The maximum absolute atomic E-state index is 12.0. The van der Waals surface area contributed by atoms with Gasteiger partial charge in [0.05, 0.1) is 0 Å². The van der Waals surface area contributed by atoms with Gasteiger partial charge in [0, 0.05) is 31.0 Å². The molecule has 0 aliphatic heterocycles. The van der Waals surface area contributed by atoms with Crippen LogP contribution in [0.4, 0.5) is 0 Å². The van der Waals surface area contributed by atoms with Crippen molar-refractivity contribution in [1.82, 2.24) is 14.5 Å². The van der Waals surface area contributed by atoms with Crippen LogP contribution in [0.15, 0.2) is 17.2 Å². The van der Waals surface area contributed by atoms with Crippen LogP contribution in [0.2, 0.25) is 0 Å². The lowest BCUT2D eigenvalue weighted by atomic mass is 10.1. The molecule has 0 amide bonds. The van der Waals surface area contributed by atoms with Crippen molar-refractivity contribution in [3.8, 4) is 0 Å². The fourth-order valence-electron chi connectivity index (χ4n) is 2.48. The number of nitrogens with zero attached hydrogens (tertiary/aromatic N) is 2. The van der Waals surface area contributed by atoms with Gasteiger partial charge in [0.25, 0.3) is 0 Å². The molecule has 1 heterocycles. The number of nitrogens with one attached hydrogen (secondary N) is 1. The number of imidazole rings is 1. The molecule has 0 radical (unpaired) electrons. The Morgan fingerprint density at radius 3 is 2.78 bits per heavy atom. The van der Waals surface area contributed by atoms with Gasteiger partial charge in [-0.05, 0) is 38.6 Å². The third-order valence-electron chi connectivity index (χ3n) is 3.75. The predicted molar refractivity (Wildman–Crippen MR) is 74.0 cm³/mol. The third-order valence-corrected chi connectivity index (χ3v) is 3.75. The largest absolute Gasteiger partial charge is 0.328 e. The molecule has 1 unspecified atom stereocenters. The molecule has 1 fully saturated rings. The number of hydrogen-bond acceptors (Lipinski definition) is 2. The highest BCUT2D eigenvalue weighted by Crippen LogP contribution is 2.33. The van der Waals surface area contributed by atoms with E-state index in [-0.39, 0.29) is 5.69 Å². The molecule has 0 bridgehead atoms. The van der Waals surface area contributed by atoms with E-state index in [0.29, 0.717) is 12.1 Å². The molecule has 18 heavy (non-hydrogen) atoms. The van der Waals surface area contributed by atoms with Gasteiger partial charge in [-0.3, -0.25) is 9.13 Å². The molecule has 1 aliphatic carbocycles. The number of hydrogen-bond donors (Lipinski definition) is 1. The fraction of sp³-hybridized carbons (Fsp3) is 0.786. The van der Waals surface area contributed by atoms with Crippen LogP contribution in [-0.4, -0.2) is 21.7 Å². The van der Waals surface area contributed by atoms with Crippen LogP contribution in [-0.2, 0) is 6.54 Å². The quantitative estimate of drug-likeness (QED) is 0.769. The highest BCUT2D eigenvalue weighted by atomic mass is 16.1. The summed E-state index contributed by atoms with van der Waals surface area (Å²) >= 11 is 0. The first-order valence-corrected chi connectivity index (χ1v) is 7.26. The Kier molecular flexibility index (Phi) is 4.64. The maximum atomic E-state index is 12.0. The van der Waals surface area contributed by atoms with Gasteiger partial charge < -0.3 is 5.32 Å². The molecule has 1 atom stereocenters.